The number of aryl methyl sites for hydroxylation is 3. The highest BCUT2D eigenvalue weighted by Crippen LogP contribution is 2.37. The zero-order valence-corrected chi connectivity index (χ0v) is 16.9. The van der Waals surface area contributed by atoms with Crippen LogP contribution in [0, 0.1) is 12.8 Å². The van der Waals surface area contributed by atoms with Gasteiger partial charge in [-0.3, -0.25) is 9.59 Å². The van der Waals surface area contributed by atoms with E-state index in [9.17, 15) is 9.59 Å². The summed E-state index contributed by atoms with van der Waals surface area (Å²) in [5.41, 5.74) is 7.22. The van der Waals surface area contributed by atoms with Gasteiger partial charge in [-0.05, 0) is 55.9 Å². The van der Waals surface area contributed by atoms with Crippen molar-refractivity contribution in [1.29, 1.82) is 0 Å². The second-order valence-electron chi connectivity index (χ2n) is 8.01. The van der Waals surface area contributed by atoms with Gasteiger partial charge in [-0.15, -0.1) is 10.2 Å². The molecule has 2 aromatic rings. The molecule has 0 saturated heterocycles. The standard InChI is InChI=1S/C21H29N5O2/c1-13(2)4-9-18-24-25-19(26(18)16-6-7-16)10-11-20(27)23-17-8-5-15(21(22)28)12-14(17)3/h5,8,12-13,16H,4,6-7,9-11H2,1-3H3,(H2,22,28)(H,23,27). The predicted octanol–water partition coefficient (Wildman–Crippen LogP) is 3.18. The van der Waals surface area contributed by atoms with Crippen LogP contribution in [0.1, 0.15) is 73.1 Å². The van der Waals surface area contributed by atoms with Gasteiger partial charge in [0.1, 0.15) is 11.6 Å². The maximum atomic E-state index is 12.4. The van der Waals surface area contributed by atoms with Gasteiger partial charge >= 0.3 is 0 Å². The summed E-state index contributed by atoms with van der Waals surface area (Å²) in [6.45, 7) is 6.26. The van der Waals surface area contributed by atoms with Crippen molar-refractivity contribution in [2.75, 3.05) is 5.32 Å². The fourth-order valence-electron chi connectivity index (χ4n) is 3.27. The second-order valence-corrected chi connectivity index (χ2v) is 8.01. The van der Waals surface area contributed by atoms with Crippen LogP contribution in [0.3, 0.4) is 0 Å². The number of aromatic nitrogens is 3. The molecule has 0 atom stereocenters. The normalized spacial score (nSPS) is 13.7. The SMILES string of the molecule is Cc1cc(C(N)=O)ccc1NC(=O)CCc1nnc(CCC(C)C)n1C1CC1. The lowest BCUT2D eigenvalue weighted by Gasteiger charge is -2.11. The molecule has 28 heavy (non-hydrogen) atoms. The molecule has 0 unspecified atom stereocenters. The lowest BCUT2D eigenvalue weighted by atomic mass is 10.1. The lowest BCUT2D eigenvalue weighted by molar-refractivity contribution is -0.116. The molecule has 0 radical (unpaired) electrons. The summed E-state index contributed by atoms with van der Waals surface area (Å²) in [4.78, 5) is 23.7. The average molecular weight is 383 g/mol. The number of hydrogen-bond acceptors (Lipinski definition) is 4. The highest BCUT2D eigenvalue weighted by molar-refractivity contribution is 5.95. The van der Waals surface area contributed by atoms with Crippen LogP contribution in [0.15, 0.2) is 18.2 Å². The number of nitrogens with one attached hydrogen (secondary N) is 1. The smallest absolute Gasteiger partial charge is 0.248 e. The van der Waals surface area contributed by atoms with Gasteiger partial charge in [0, 0.05) is 36.6 Å². The van der Waals surface area contributed by atoms with Crippen LogP contribution in [-0.2, 0) is 17.6 Å². The molecule has 0 aliphatic heterocycles. The first-order valence-corrected chi connectivity index (χ1v) is 9.98. The third kappa shape index (κ3) is 4.97. The number of anilines is 1. The van der Waals surface area contributed by atoms with E-state index < -0.39 is 5.91 Å². The molecular weight excluding hydrogens is 354 g/mol. The molecule has 1 saturated carbocycles. The summed E-state index contributed by atoms with van der Waals surface area (Å²) in [6, 6.07) is 5.52. The van der Waals surface area contributed by atoms with Crippen LogP contribution < -0.4 is 11.1 Å². The van der Waals surface area contributed by atoms with Crippen molar-refractivity contribution in [3.63, 3.8) is 0 Å². The molecule has 7 heteroatoms. The molecule has 0 spiro atoms. The molecule has 0 bridgehead atoms. The summed E-state index contributed by atoms with van der Waals surface area (Å²) in [6.07, 6.45) is 5.25. The summed E-state index contributed by atoms with van der Waals surface area (Å²) in [7, 11) is 0. The van der Waals surface area contributed by atoms with E-state index in [2.05, 4.69) is 33.9 Å². The lowest BCUT2D eigenvalue weighted by Crippen LogP contribution is -2.16. The Labute approximate surface area is 165 Å². The molecule has 1 heterocycles. The molecule has 1 aliphatic rings. The van der Waals surface area contributed by atoms with Gasteiger partial charge in [0.25, 0.3) is 0 Å². The highest BCUT2D eigenvalue weighted by Gasteiger charge is 2.29. The minimum atomic E-state index is -0.478. The Kier molecular flexibility index (Phi) is 6.11. The predicted molar refractivity (Wildman–Crippen MR) is 108 cm³/mol. The third-order valence-corrected chi connectivity index (χ3v) is 5.06. The summed E-state index contributed by atoms with van der Waals surface area (Å²) in [5.74, 6) is 2.02. The monoisotopic (exact) mass is 383 g/mol. The number of nitrogens with two attached hydrogens (primary N) is 1. The summed E-state index contributed by atoms with van der Waals surface area (Å²) in [5, 5.41) is 11.7. The number of amides is 2. The second kappa shape index (κ2) is 8.54. The maximum Gasteiger partial charge on any atom is 0.248 e. The quantitative estimate of drug-likeness (QED) is 0.694. The maximum absolute atomic E-state index is 12.4. The van der Waals surface area contributed by atoms with Crippen LogP contribution >= 0.6 is 0 Å². The Bertz CT molecular complexity index is 868. The van der Waals surface area contributed by atoms with Crippen LogP contribution in [0.4, 0.5) is 5.69 Å². The van der Waals surface area contributed by atoms with Gasteiger partial charge in [0.05, 0.1) is 0 Å². The van der Waals surface area contributed by atoms with Crippen molar-refractivity contribution in [3.05, 3.63) is 41.0 Å². The van der Waals surface area contributed by atoms with Crippen LogP contribution in [0.5, 0.6) is 0 Å². The van der Waals surface area contributed by atoms with Gasteiger partial charge in [0.2, 0.25) is 11.8 Å². The van der Waals surface area contributed by atoms with E-state index in [4.69, 9.17) is 5.73 Å². The molecule has 1 aromatic heterocycles. The number of hydrogen-bond donors (Lipinski definition) is 2. The van der Waals surface area contributed by atoms with Crippen molar-refractivity contribution in [2.45, 2.75) is 65.3 Å². The van der Waals surface area contributed by atoms with Gasteiger partial charge in [0.15, 0.2) is 0 Å². The minimum Gasteiger partial charge on any atom is -0.366 e. The molecule has 3 N–H and O–H groups in total. The molecule has 1 fully saturated rings. The van der Waals surface area contributed by atoms with E-state index in [-0.39, 0.29) is 5.91 Å². The van der Waals surface area contributed by atoms with Crippen molar-refractivity contribution >= 4 is 17.5 Å². The van der Waals surface area contributed by atoms with Crippen LogP contribution in [0.2, 0.25) is 0 Å². The molecule has 1 aromatic carbocycles. The number of primary amides is 1. The molecule has 1 aliphatic carbocycles. The summed E-state index contributed by atoms with van der Waals surface area (Å²) >= 11 is 0. The summed E-state index contributed by atoms with van der Waals surface area (Å²) < 4.78 is 2.25. The van der Waals surface area contributed by atoms with Crippen LogP contribution in [0.25, 0.3) is 0 Å². The first-order valence-electron chi connectivity index (χ1n) is 9.98. The number of carbonyl (C=O) groups is 2. The molecule has 150 valence electrons. The zero-order valence-electron chi connectivity index (χ0n) is 16.9. The largest absolute Gasteiger partial charge is 0.366 e. The van der Waals surface area contributed by atoms with Crippen molar-refractivity contribution in [2.24, 2.45) is 11.7 Å². The first-order chi connectivity index (χ1) is 13.3. The minimum absolute atomic E-state index is 0.0796. The van der Waals surface area contributed by atoms with Gasteiger partial charge in [-0.1, -0.05) is 13.8 Å². The number of carbonyl (C=O) groups excluding carboxylic acids is 2. The number of nitrogens with zero attached hydrogens (tertiary/aromatic N) is 3. The molecular formula is C21H29N5O2. The Morgan fingerprint density at radius 3 is 2.46 bits per heavy atom. The molecule has 2 amide bonds. The Hall–Kier alpha value is -2.70. The Morgan fingerprint density at radius 1 is 1.21 bits per heavy atom. The average Bonchev–Trinajstić information content (AvgIpc) is 3.39. The van der Waals surface area contributed by atoms with Crippen molar-refractivity contribution in [3.8, 4) is 0 Å². The van der Waals surface area contributed by atoms with E-state index in [1.165, 1.54) is 0 Å². The Balaban J connectivity index is 1.61. The topological polar surface area (TPSA) is 103 Å². The van der Waals surface area contributed by atoms with Gasteiger partial charge in [-0.25, -0.2) is 0 Å². The van der Waals surface area contributed by atoms with Gasteiger partial charge < -0.3 is 15.6 Å². The van der Waals surface area contributed by atoms with E-state index in [1.54, 1.807) is 18.2 Å². The fraction of sp³-hybridized carbons (Fsp3) is 0.524. The zero-order chi connectivity index (χ0) is 20.3. The van der Waals surface area contributed by atoms with E-state index in [0.717, 1.165) is 42.9 Å². The third-order valence-electron chi connectivity index (χ3n) is 5.06. The van der Waals surface area contributed by atoms with Crippen LogP contribution in [-0.4, -0.2) is 26.6 Å². The van der Waals surface area contributed by atoms with E-state index >= 15 is 0 Å². The fourth-order valence-corrected chi connectivity index (χ4v) is 3.27. The van der Waals surface area contributed by atoms with E-state index in [0.29, 0.717) is 36.1 Å². The van der Waals surface area contributed by atoms with Gasteiger partial charge in [-0.2, -0.15) is 0 Å². The Morgan fingerprint density at radius 2 is 1.89 bits per heavy atom. The number of rotatable bonds is 9. The molecule has 7 nitrogen and oxygen atoms in total. The van der Waals surface area contributed by atoms with Crippen molar-refractivity contribution < 1.29 is 9.59 Å². The highest BCUT2D eigenvalue weighted by atomic mass is 16.2. The number of benzene rings is 1. The first kappa shape index (κ1) is 20.0. The van der Waals surface area contributed by atoms with Crippen molar-refractivity contribution in [1.82, 2.24) is 14.8 Å². The van der Waals surface area contributed by atoms with E-state index in [1.807, 2.05) is 6.92 Å². The molecule has 3 rings (SSSR count).